The Bertz CT molecular complexity index is 1120. The first-order valence-electron chi connectivity index (χ1n) is 13.9. The molecule has 2 aromatic carbocycles. The lowest BCUT2D eigenvalue weighted by molar-refractivity contribution is 0.567. The fourth-order valence-electron chi connectivity index (χ4n) is 4.29. The van der Waals surface area contributed by atoms with Crippen molar-refractivity contribution in [3.8, 4) is 0 Å². The van der Waals surface area contributed by atoms with E-state index in [1.165, 1.54) is 44.5 Å². The van der Waals surface area contributed by atoms with Crippen LogP contribution in [-0.4, -0.2) is 0 Å². The van der Waals surface area contributed by atoms with E-state index in [9.17, 15) is 0 Å². The fourth-order valence-corrected chi connectivity index (χ4v) is 4.29. The maximum absolute atomic E-state index is 4.42. The summed E-state index contributed by atoms with van der Waals surface area (Å²) in [6.07, 6.45) is 5.45. The van der Waals surface area contributed by atoms with Crippen LogP contribution >= 0.6 is 0 Å². The van der Waals surface area contributed by atoms with E-state index >= 15 is 0 Å². The van der Waals surface area contributed by atoms with Gasteiger partial charge in [-0.3, -0.25) is 0 Å². The summed E-state index contributed by atoms with van der Waals surface area (Å²) >= 11 is 0. The molecule has 2 rings (SSSR count). The Labute approximate surface area is 230 Å². The molecule has 0 aliphatic rings. The van der Waals surface area contributed by atoms with E-state index in [4.69, 9.17) is 0 Å². The molecule has 202 valence electrons. The summed E-state index contributed by atoms with van der Waals surface area (Å²) in [5.41, 5.74) is 12.4. The van der Waals surface area contributed by atoms with Gasteiger partial charge in [-0.2, -0.15) is 0 Å². The van der Waals surface area contributed by atoms with Crippen molar-refractivity contribution < 1.29 is 0 Å². The molecule has 37 heavy (non-hydrogen) atoms. The Kier molecular flexibility index (Phi) is 9.01. The fraction of sp³-hybridized carbons (Fsp3) is 0.514. The van der Waals surface area contributed by atoms with Gasteiger partial charge >= 0.3 is 0 Å². The summed E-state index contributed by atoms with van der Waals surface area (Å²) in [7, 11) is 0. The Morgan fingerprint density at radius 2 is 0.838 bits per heavy atom. The van der Waals surface area contributed by atoms with Crippen LogP contribution in [0.15, 0.2) is 60.7 Å². The second-order valence-corrected chi connectivity index (χ2v) is 15.2. The van der Waals surface area contributed by atoms with E-state index in [-0.39, 0.29) is 21.7 Å². The van der Waals surface area contributed by atoms with Crippen LogP contribution in [0.2, 0.25) is 0 Å². The highest BCUT2D eigenvalue weighted by atomic mass is 14.3. The molecule has 0 nitrogen and oxygen atoms in total. The van der Waals surface area contributed by atoms with Crippen molar-refractivity contribution in [3.05, 3.63) is 94.1 Å². The first-order valence-corrected chi connectivity index (χ1v) is 13.9. The van der Waals surface area contributed by atoms with Crippen LogP contribution in [0.1, 0.15) is 137 Å². The van der Waals surface area contributed by atoms with Crippen molar-refractivity contribution in [1.82, 2.24) is 0 Å². The number of hydrogen-bond donors (Lipinski definition) is 0. The molecule has 0 heterocycles. The number of benzene rings is 2. The molecule has 0 saturated heterocycles. The Morgan fingerprint density at radius 3 is 1.14 bits per heavy atom. The van der Waals surface area contributed by atoms with E-state index in [1.807, 2.05) is 0 Å². The van der Waals surface area contributed by atoms with Gasteiger partial charge in [0, 0.05) is 0 Å². The lowest BCUT2D eigenvalue weighted by Crippen LogP contribution is -2.17. The van der Waals surface area contributed by atoms with Crippen LogP contribution in [0.5, 0.6) is 0 Å². The van der Waals surface area contributed by atoms with E-state index in [2.05, 4.69) is 152 Å². The predicted octanol–water partition coefficient (Wildman–Crippen LogP) is 11.3. The lowest BCUT2D eigenvalue weighted by atomic mass is 9.78. The molecule has 0 saturated carbocycles. The molecule has 0 atom stereocenters. The van der Waals surface area contributed by atoms with Gasteiger partial charge in [0.25, 0.3) is 0 Å². The smallest absolute Gasteiger partial charge is 0.00973 e. The summed E-state index contributed by atoms with van der Waals surface area (Å²) < 4.78 is 0. The van der Waals surface area contributed by atoms with Gasteiger partial charge in [-0.1, -0.05) is 144 Å². The topological polar surface area (TPSA) is 0 Å². The number of hydrogen-bond acceptors (Lipinski definition) is 0. The van der Waals surface area contributed by atoms with Crippen LogP contribution in [0, 0.1) is 0 Å². The molecular formula is C37H54. The molecule has 0 aromatic heterocycles. The molecule has 2 aromatic rings. The molecule has 0 spiro atoms. The second-order valence-electron chi connectivity index (χ2n) is 15.2. The third-order valence-electron chi connectivity index (χ3n) is 7.33. The van der Waals surface area contributed by atoms with E-state index < -0.39 is 0 Å². The largest absolute Gasteiger partial charge is 0.0955 e. The summed E-state index contributed by atoms with van der Waals surface area (Å²) in [6, 6.07) is 14.2. The third kappa shape index (κ3) is 8.59. The van der Waals surface area contributed by atoms with E-state index in [1.54, 1.807) is 0 Å². The zero-order valence-electron chi connectivity index (χ0n) is 26.5. The van der Waals surface area contributed by atoms with Gasteiger partial charge in [-0.15, -0.1) is 0 Å². The van der Waals surface area contributed by atoms with Crippen molar-refractivity contribution in [2.75, 3.05) is 0 Å². The SMILES string of the molecule is C=C(C=C(C)c1cc(C(C)(C)C)cc(C(C)(C)C)c1)CC=C(C)c1cc(C(C)(C)C)cc(C(C)(C)C)c1. The number of allylic oxidation sites excluding steroid dienone is 5. The third-order valence-corrected chi connectivity index (χ3v) is 7.33. The van der Waals surface area contributed by atoms with E-state index in [0.717, 1.165) is 12.0 Å². The molecule has 0 amide bonds. The number of rotatable bonds is 5. The van der Waals surface area contributed by atoms with Crippen molar-refractivity contribution >= 4 is 11.1 Å². The zero-order chi connectivity index (χ0) is 28.6. The molecule has 0 aliphatic carbocycles. The minimum Gasteiger partial charge on any atom is -0.0955 e. The van der Waals surface area contributed by atoms with Gasteiger partial charge in [0.1, 0.15) is 0 Å². The Hall–Kier alpha value is -2.34. The average Bonchev–Trinajstić information content (AvgIpc) is 2.74. The molecule has 0 fully saturated rings. The van der Waals surface area contributed by atoms with Gasteiger partial charge in [0.2, 0.25) is 0 Å². The van der Waals surface area contributed by atoms with Crippen LogP contribution in [0.4, 0.5) is 0 Å². The van der Waals surface area contributed by atoms with Crippen LogP contribution < -0.4 is 0 Å². The van der Waals surface area contributed by atoms with Crippen molar-refractivity contribution in [2.24, 2.45) is 0 Å². The molecule has 0 unspecified atom stereocenters. The van der Waals surface area contributed by atoms with E-state index in [0.29, 0.717) is 0 Å². The summed E-state index contributed by atoms with van der Waals surface area (Å²) in [5, 5.41) is 0. The highest BCUT2D eigenvalue weighted by Gasteiger charge is 2.22. The minimum absolute atomic E-state index is 0.112. The maximum Gasteiger partial charge on any atom is -0.00973 e. The summed E-state index contributed by atoms with van der Waals surface area (Å²) in [5.74, 6) is 0. The van der Waals surface area contributed by atoms with Crippen molar-refractivity contribution in [2.45, 2.75) is 125 Å². The van der Waals surface area contributed by atoms with Crippen molar-refractivity contribution in [3.63, 3.8) is 0 Å². The molecular weight excluding hydrogens is 444 g/mol. The van der Waals surface area contributed by atoms with Crippen LogP contribution in [0.25, 0.3) is 11.1 Å². The molecule has 0 heteroatoms. The van der Waals surface area contributed by atoms with Gasteiger partial charge < -0.3 is 0 Å². The monoisotopic (exact) mass is 498 g/mol. The first kappa shape index (κ1) is 30.9. The quantitative estimate of drug-likeness (QED) is 0.359. The predicted molar refractivity (Wildman–Crippen MR) is 169 cm³/mol. The summed E-state index contributed by atoms with van der Waals surface area (Å²) in [6.45, 7) is 36.4. The summed E-state index contributed by atoms with van der Waals surface area (Å²) in [4.78, 5) is 0. The standard InChI is InChI=1S/C37H54/c1-25(18-27(3)29-21-32(36(10,11)12)24-33(22-29)37(13,14)15)16-17-26(2)28-19-30(34(4,5)6)23-31(20-28)35(7,8)9/h17-24H,1,16H2,2-15H3. The maximum atomic E-state index is 4.42. The lowest BCUT2D eigenvalue weighted by Gasteiger charge is -2.26. The first-order chi connectivity index (χ1) is 16.6. The molecule has 0 aliphatic heterocycles. The highest BCUT2D eigenvalue weighted by Crippen LogP contribution is 2.34. The van der Waals surface area contributed by atoms with Crippen LogP contribution in [0.3, 0.4) is 0 Å². The highest BCUT2D eigenvalue weighted by molar-refractivity contribution is 5.69. The van der Waals surface area contributed by atoms with Gasteiger partial charge in [0.05, 0.1) is 0 Å². The Morgan fingerprint density at radius 1 is 0.541 bits per heavy atom. The van der Waals surface area contributed by atoms with Gasteiger partial charge in [-0.05, 0) is 86.5 Å². The van der Waals surface area contributed by atoms with Gasteiger partial charge in [-0.25, -0.2) is 0 Å². The zero-order valence-corrected chi connectivity index (χ0v) is 26.5. The Balaban J connectivity index is 2.39. The average molecular weight is 499 g/mol. The molecule has 0 bridgehead atoms. The van der Waals surface area contributed by atoms with Crippen molar-refractivity contribution in [1.29, 1.82) is 0 Å². The second kappa shape index (κ2) is 10.8. The van der Waals surface area contributed by atoms with Gasteiger partial charge in [0.15, 0.2) is 0 Å². The molecule has 0 N–H and O–H groups in total. The molecule has 0 radical (unpaired) electrons. The minimum atomic E-state index is 0.112. The van der Waals surface area contributed by atoms with Crippen LogP contribution in [-0.2, 0) is 21.7 Å². The normalized spacial score (nSPS) is 14.2.